The summed E-state index contributed by atoms with van der Waals surface area (Å²) < 4.78 is 55.5. The van der Waals surface area contributed by atoms with Gasteiger partial charge in [-0.3, -0.25) is 4.79 Å². The van der Waals surface area contributed by atoms with Gasteiger partial charge in [0.25, 0.3) is 0 Å². The first-order valence-corrected chi connectivity index (χ1v) is 8.83. The van der Waals surface area contributed by atoms with Gasteiger partial charge >= 0.3 is 6.18 Å². The van der Waals surface area contributed by atoms with Crippen LogP contribution in [0.4, 0.5) is 17.6 Å². The summed E-state index contributed by atoms with van der Waals surface area (Å²) in [6, 6.07) is 14.0. The molecule has 3 nitrogen and oxygen atoms in total. The molecule has 0 saturated carbocycles. The number of hydrogen-bond donors (Lipinski definition) is 1. The molecular weight excluding hydrogens is 408 g/mol. The molecule has 147 valence electrons. The average Bonchev–Trinajstić information content (AvgIpc) is 2.97. The van der Waals surface area contributed by atoms with Crippen molar-refractivity contribution in [2.45, 2.75) is 12.7 Å². The van der Waals surface area contributed by atoms with Crippen LogP contribution >= 0.6 is 11.6 Å². The van der Waals surface area contributed by atoms with Crippen molar-refractivity contribution >= 4 is 39.3 Å². The van der Waals surface area contributed by atoms with Crippen LogP contribution in [0.25, 0.3) is 21.8 Å². The van der Waals surface area contributed by atoms with Crippen molar-refractivity contribution in [3.8, 4) is 0 Å². The number of nitrogens with zero attached hydrogens (tertiary/aromatic N) is 1. The molecule has 3 aromatic carbocycles. The van der Waals surface area contributed by atoms with Gasteiger partial charge in [0.15, 0.2) is 0 Å². The second-order valence-electron chi connectivity index (χ2n) is 6.48. The molecule has 4 aromatic rings. The van der Waals surface area contributed by atoms with Gasteiger partial charge in [-0.15, -0.1) is 0 Å². The lowest BCUT2D eigenvalue weighted by atomic mass is 10.1. The first-order chi connectivity index (χ1) is 13.7. The quantitative estimate of drug-likeness (QED) is 0.435. The van der Waals surface area contributed by atoms with E-state index in [1.165, 1.54) is 12.1 Å². The Morgan fingerprint density at radius 1 is 1.14 bits per heavy atom. The number of benzene rings is 3. The van der Waals surface area contributed by atoms with Gasteiger partial charge in [0, 0.05) is 21.9 Å². The highest BCUT2D eigenvalue weighted by Gasteiger charge is 2.35. The Kier molecular flexibility index (Phi) is 4.50. The summed E-state index contributed by atoms with van der Waals surface area (Å²) in [6.07, 6.45) is -4.81. The topological polar surface area (TPSA) is 48.0 Å². The highest BCUT2D eigenvalue weighted by atomic mass is 35.5. The molecule has 1 radical (unpaired) electrons. The molecule has 8 heteroatoms. The number of fused-ring (bicyclic) bond motifs is 3. The van der Waals surface area contributed by atoms with Gasteiger partial charge in [-0.25, -0.2) is 4.39 Å². The number of primary amides is 1. The summed E-state index contributed by atoms with van der Waals surface area (Å²) in [4.78, 5) is 11.9. The van der Waals surface area contributed by atoms with Crippen LogP contribution < -0.4 is 5.73 Å². The molecule has 2 N–H and O–H groups in total. The second-order valence-corrected chi connectivity index (χ2v) is 6.88. The predicted molar refractivity (Wildman–Crippen MR) is 102 cm³/mol. The van der Waals surface area contributed by atoms with E-state index in [-0.39, 0.29) is 22.7 Å². The van der Waals surface area contributed by atoms with Gasteiger partial charge in [0.1, 0.15) is 5.82 Å². The summed E-state index contributed by atoms with van der Waals surface area (Å²) in [5, 5.41) is 1.23. The van der Waals surface area contributed by atoms with E-state index in [9.17, 15) is 22.4 Å². The summed E-state index contributed by atoms with van der Waals surface area (Å²) in [5.74, 6) is -2.02. The number of hydrogen-bond acceptors (Lipinski definition) is 1. The molecule has 0 fully saturated rings. The number of halogens is 5. The molecule has 4 rings (SSSR count). The molecule has 0 aliphatic carbocycles. The first kappa shape index (κ1) is 19.3. The minimum atomic E-state index is -4.81. The van der Waals surface area contributed by atoms with Crippen LogP contribution in [-0.2, 0) is 12.7 Å². The predicted octanol–water partition coefficient (Wildman–Crippen LogP) is 5.55. The fraction of sp³-hybridized carbons (Fsp3) is 0.0952. The van der Waals surface area contributed by atoms with Gasteiger partial charge in [-0.05, 0) is 30.3 Å². The molecule has 0 unspecified atom stereocenters. The summed E-state index contributed by atoms with van der Waals surface area (Å²) in [6.45, 7) is -0.227. The fourth-order valence-electron chi connectivity index (χ4n) is 3.53. The maximum absolute atomic E-state index is 14.6. The molecule has 1 aromatic heterocycles. The maximum Gasteiger partial charge on any atom is 0.419 e. The van der Waals surface area contributed by atoms with Crippen molar-refractivity contribution in [3.63, 3.8) is 0 Å². The van der Waals surface area contributed by atoms with E-state index in [1.807, 2.05) is 0 Å². The highest BCUT2D eigenvalue weighted by Crippen LogP contribution is 2.37. The Morgan fingerprint density at radius 2 is 1.86 bits per heavy atom. The number of carbonyl (C=O) groups is 1. The summed E-state index contributed by atoms with van der Waals surface area (Å²) in [5.41, 5.74) is 5.10. The SMILES string of the molecule is NC(=O)c1cccc2c1c1[c]ccc(Cl)c1n2Cc1cccc(C(F)(F)F)c1F. The summed E-state index contributed by atoms with van der Waals surface area (Å²) >= 11 is 6.34. The number of rotatable bonds is 3. The van der Waals surface area contributed by atoms with Crippen LogP contribution in [0.1, 0.15) is 21.5 Å². The smallest absolute Gasteiger partial charge is 0.366 e. The van der Waals surface area contributed by atoms with E-state index in [2.05, 4.69) is 6.07 Å². The van der Waals surface area contributed by atoms with Gasteiger partial charge in [0.2, 0.25) is 5.91 Å². The Hall–Kier alpha value is -3.06. The molecule has 0 atom stereocenters. The molecule has 0 aliphatic rings. The molecular formula is C21H12ClF4N2O. The van der Waals surface area contributed by atoms with Crippen LogP contribution in [0, 0.1) is 11.9 Å². The number of carbonyl (C=O) groups excluding carboxylic acids is 1. The lowest BCUT2D eigenvalue weighted by molar-refractivity contribution is -0.140. The lowest BCUT2D eigenvalue weighted by Crippen LogP contribution is -2.12. The minimum Gasteiger partial charge on any atom is -0.366 e. The Bertz CT molecular complexity index is 1280. The van der Waals surface area contributed by atoms with Crippen molar-refractivity contribution in [3.05, 3.63) is 82.1 Å². The van der Waals surface area contributed by atoms with Gasteiger partial charge in [-0.1, -0.05) is 35.9 Å². The van der Waals surface area contributed by atoms with Crippen LogP contribution in [-0.4, -0.2) is 10.5 Å². The minimum absolute atomic E-state index is 0.164. The molecule has 0 saturated heterocycles. The normalized spacial score (nSPS) is 12.0. The molecule has 29 heavy (non-hydrogen) atoms. The molecule has 1 heterocycles. The third-order valence-corrected chi connectivity index (χ3v) is 5.06. The molecule has 1 amide bonds. The number of alkyl halides is 3. The molecule has 0 spiro atoms. The molecule has 0 bridgehead atoms. The monoisotopic (exact) mass is 419 g/mol. The number of aromatic nitrogens is 1. The third-order valence-electron chi connectivity index (χ3n) is 4.75. The average molecular weight is 420 g/mol. The summed E-state index contributed by atoms with van der Waals surface area (Å²) in [7, 11) is 0. The van der Waals surface area contributed by atoms with Crippen molar-refractivity contribution in [1.29, 1.82) is 0 Å². The lowest BCUT2D eigenvalue weighted by Gasteiger charge is -2.13. The van der Waals surface area contributed by atoms with E-state index in [0.29, 0.717) is 27.9 Å². The van der Waals surface area contributed by atoms with E-state index in [0.717, 1.165) is 6.07 Å². The van der Waals surface area contributed by atoms with Crippen molar-refractivity contribution in [2.24, 2.45) is 5.73 Å². The van der Waals surface area contributed by atoms with E-state index in [4.69, 9.17) is 17.3 Å². The van der Waals surface area contributed by atoms with Crippen molar-refractivity contribution in [1.82, 2.24) is 4.57 Å². The maximum atomic E-state index is 14.6. The second kappa shape index (κ2) is 6.77. The number of amides is 1. The standard InChI is InChI=1S/C21H12ClF4N2O/c22-15-8-2-5-12-17-13(20(27)29)6-3-9-16(17)28(19(12)15)10-11-4-1-7-14(18(11)23)21(24,25)26/h1-4,6-9H,10H2,(H2,27,29). The van der Waals surface area contributed by atoms with Crippen LogP contribution in [0.3, 0.4) is 0 Å². The van der Waals surface area contributed by atoms with E-state index < -0.39 is 23.5 Å². The third kappa shape index (κ3) is 3.11. The fourth-order valence-corrected chi connectivity index (χ4v) is 3.79. The Balaban J connectivity index is 2.03. The number of nitrogens with two attached hydrogens (primary N) is 1. The van der Waals surface area contributed by atoms with Crippen LogP contribution in [0.15, 0.2) is 48.5 Å². The Labute approximate surface area is 167 Å². The largest absolute Gasteiger partial charge is 0.419 e. The zero-order valence-electron chi connectivity index (χ0n) is 14.6. The zero-order chi connectivity index (χ0) is 20.9. The van der Waals surface area contributed by atoms with Crippen LogP contribution in [0.5, 0.6) is 0 Å². The first-order valence-electron chi connectivity index (χ1n) is 8.45. The van der Waals surface area contributed by atoms with Gasteiger partial charge in [0.05, 0.1) is 28.2 Å². The van der Waals surface area contributed by atoms with E-state index >= 15 is 0 Å². The molecule has 0 aliphatic heterocycles. The van der Waals surface area contributed by atoms with Crippen molar-refractivity contribution in [2.75, 3.05) is 0 Å². The highest BCUT2D eigenvalue weighted by molar-refractivity contribution is 6.36. The van der Waals surface area contributed by atoms with Crippen LogP contribution in [0.2, 0.25) is 5.02 Å². The van der Waals surface area contributed by atoms with Crippen molar-refractivity contribution < 1.29 is 22.4 Å². The van der Waals surface area contributed by atoms with Gasteiger partial charge in [-0.2, -0.15) is 13.2 Å². The van der Waals surface area contributed by atoms with E-state index in [1.54, 1.807) is 28.8 Å². The van der Waals surface area contributed by atoms with Gasteiger partial charge < -0.3 is 10.3 Å². The Morgan fingerprint density at radius 3 is 2.55 bits per heavy atom. The zero-order valence-corrected chi connectivity index (χ0v) is 15.4.